The fraction of sp³-hybridized carbons (Fsp3) is 0.588. The zero-order chi connectivity index (χ0) is 17.7. The first-order valence-electron chi connectivity index (χ1n) is 8.03. The van der Waals surface area contributed by atoms with E-state index in [4.69, 9.17) is 9.47 Å². The molecule has 1 amide bonds. The Morgan fingerprint density at radius 1 is 1.42 bits per heavy atom. The lowest BCUT2D eigenvalue weighted by atomic mass is 10.1. The minimum atomic E-state index is -0.874. The van der Waals surface area contributed by atoms with Crippen molar-refractivity contribution in [3.63, 3.8) is 0 Å². The summed E-state index contributed by atoms with van der Waals surface area (Å²) in [4.78, 5) is 13.8. The van der Waals surface area contributed by atoms with Crippen LogP contribution in [-0.4, -0.2) is 49.7 Å². The number of hydrogen-bond acceptors (Lipinski definition) is 5. The Balaban J connectivity index is 2.17. The molecule has 1 fully saturated rings. The quantitative estimate of drug-likeness (QED) is 0.879. The van der Waals surface area contributed by atoms with Crippen molar-refractivity contribution >= 4 is 11.8 Å². The van der Waals surface area contributed by atoms with Crippen molar-refractivity contribution < 1.29 is 23.8 Å². The molecule has 0 radical (unpaired) electrons. The molecule has 2 rings (SSSR count). The van der Waals surface area contributed by atoms with Crippen LogP contribution in [-0.2, 0) is 9.47 Å². The lowest BCUT2D eigenvalue weighted by Crippen LogP contribution is -2.38. The molecular weight excluding hydrogens is 315 g/mol. The average molecular weight is 340 g/mol. The highest BCUT2D eigenvalue weighted by atomic mass is 19.1. The predicted molar refractivity (Wildman–Crippen MR) is 88.6 cm³/mol. The maximum atomic E-state index is 14.9. The van der Waals surface area contributed by atoms with Crippen molar-refractivity contribution in [2.45, 2.75) is 32.4 Å². The van der Waals surface area contributed by atoms with Crippen LogP contribution in [0.2, 0.25) is 0 Å². The van der Waals surface area contributed by atoms with E-state index in [9.17, 15) is 14.3 Å². The molecule has 7 heteroatoms. The topological polar surface area (TPSA) is 71.0 Å². The molecule has 1 aliphatic heterocycles. The van der Waals surface area contributed by atoms with Crippen LogP contribution < -0.4 is 10.2 Å². The van der Waals surface area contributed by atoms with E-state index in [0.29, 0.717) is 32.0 Å². The first kappa shape index (κ1) is 18.5. The number of carbonyl (C=O) groups is 1. The third-order valence-electron chi connectivity index (χ3n) is 3.61. The number of amides is 1. The highest BCUT2D eigenvalue weighted by Crippen LogP contribution is 2.27. The number of aliphatic hydroxyl groups is 1. The van der Waals surface area contributed by atoms with E-state index in [0.717, 1.165) is 0 Å². The number of morpholine rings is 1. The van der Waals surface area contributed by atoms with E-state index in [1.54, 1.807) is 39.0 Å². The Labute approximate surface area is 141 Å². The van der Waals surface area contributed by atoms with Crippen LogP contribution in [0.15, 0.2) is 18.2 Å². The van der Waals surface area contributed by atoms with Gasteiger partial charge in [0.2, 0.25) is 0 Å². The van der Waals surface area contributed by atoms with Crippen LogP contribution in [0.4, 0.5) is 14.9 Å². The number of halogens is 1. The van der Waals surface area contributed by atoms with Gasteiger partial charge in [0.1, 0.15) is 5.60 Å². The summed E-state index contributed by atoms with van der Waals surface area (Å²) in [6.07, 6.45) is -0.697. The van der Waals surface area contributed by atoms with Crippen molar-refractivity contribution in [2.75, 3.05) is 37.8 Å². The minimum absolute atomic E-state index is 0.229. The highest BCUT2D eigenvalue weighted by Gasteiger charge is 2.24. The molecule has 1 aliphatic rings. The zero-order valence-corrected chi connectivity index (χ0v) is 14.3. The Hall–Kier alpha value is -1.86. The molecule has 6 nitrogen and oxygen atoms in total. The first-order valence-corrected chi connectivity index (χ1v) is 8.03. The molecule has 1 saturated heterocycles. The van der Waals surface area contributed by atoms with Gasteiger partial charge in [0, 0.05) is 18.7 Å². The number of rotatable bonds is 4. The van der Waals surface area contributed by atoms with E-state index in [-0.39, 0.29) is 5.56 Å². The molecule has 1 aromatic carbocycles. The Morgan fingerprint density at radius 2 is 2.08 bits per heavy atom. The lowest BCUT2D eigenvalue weighted by Gasteiger charge is -2.30. The summed E-state index contributed by atoms with van der Waals surface area (Å²) in [6.45, 7) is 7.07. The molecule has 0 aromatic heterocycles. The second kappa shape index (κ2) is 7.81. The van der Waals surface area contributed by atoms with Crippen molar-refractivity contribution in [3.8, 4) is 0 Å². The number of alkyl carbamates (subject to hydrolysis) is 1. The number of ether oxygens (including phenoxy) is 2. The SMILES string of the molecule is CC(C)(C)OC(=O)N[C@@H](CO)c1cccc(N2CCOCC2)c1F. The first-order chi connectivity index (χ1) is 11.3. The molecule has 1 aromatic rings. The average Bonchev–Trinajstić information content (AvgIpc) is 2.52. The van der Waals surface area contributed by atoms with Crippen molar-refractivity contribution in [1.29, 1.82) is 0 Å². The van der Waals surface area contributed by atoms with E-state index < -0.39 is 30.2 Å². The van der Waals surface area contributed by atoms with E-state index in [1.165, 1.54) is 0 Å². The second-order valence-electron chi connectivity index (χ2n) is 6.66. The molecule has 2 N–H and O–H groups in total. The number of carbonyl (C=O) groups excluding carboxylic acids is 1. The fourth-order valence-electron chi connectivity index (χ4n) is 2.53. The largest absolute Gasteiger partial charge is 0.444 e. The standard InChI is InChI=1S/C17H25FN2O4/c1-17(2,3)24-16(22)19-13(11-21)12-5-4-6-14(15(12)18)20-7-9-23-10-8-20/h4-6,13,21H,7-11H2,1-3H3,(H,19,22)/t13-/m0/s1. The van der Waals surface area contributed by atoms with Gasteiger partial charge in [-0.2, -0.15) is 0 Å². The van der Waals surface area contributed by atoms with E-state index >= 15 is 0 Å². The van der Waals surface area contributed by atoms with Crippen LogP contribution in [0.3, 0.4) is 0 Å². The van der Waals surface area contributed by atoms with E-state index in [2.05, 4.69) is 5.32 Å². The number of benzene rings is 1. The summed E-state index contributed by atoms with van der Waals surface area (Å²) in [6, 6.07) is 4.08. The van der Waals surface area contributed by atoms with Crippen LogP contribution >= 0.6 is 0 Å². The van der Waals surface area contributed by atoms with Crippen molar-refractivity contribution in [1.82, 2.24) is 5.32 Å². The second-order valence-corrected chi connectivity index (χ2v) is 6.66. The van der Waals surface area contributed by atoms with Gasteiger partial charge in [-0.1, -0.05) is 12.1 Å². The summed E-state index contributed by atoms with van der Waals surface area (Å²) in [7, 11) is 0. The molecule has 0 saturated carbocycles. The summed E-state index contributed by atoms with van der Waals surface area (Å²) in [5.74, 6) is -0.450. The highest BCUT2D eigenvalue weighted by molar-refractivity contribution is 5.68. The molecular formula is C17H25FN2O4. The van der Waals surface area contributed by atoms with Gasteiger partial charge in [-0.25, -0.2) is 9.18 Å². The van der Waals surface area contributed by atoms with Gasteiger partial charge >= 0.3 is 6.09 Å². The molecule has 1 atom stereocenters. The van der Waals surface area contributed by atoms with Gasteiger partial charge in [-0.05, 0) is 26.8 Å². The monoisotopic (exact) mass is 340 g/mol. The van der Waals surface area contributed by atoms with Crippen molar-refractivity contribution in [2.24, 2.45) is 0 Å². The Kier molecular flexibility index (Phi) is 6.01. The molecule has 0 spiro atoms. The van der Waals surface area contributed by atoms with Crippen molar-refractivity contribution in [3.05, 3.63) is 29.6 Å². The molecule has 0 bridgehead atoms. The van der Waals surface area contributed by atoms with Crippen LogP contribution in [0.1, 0.15) is 32.4 Å². The van der Waals surface area contributed by atoms with Crippen LogP contribution in [0.25, 0.3) is 0 Å². The van der Waals surface area contributed by atoms with Crippen LogP contribution in [0, 0.1) is 5.82 Å². The van der Waals surface area contributed by atoms with Gasteiger partial charge in [-0.15, -0.1) is 0 Å². The van der Waals surface area contributed by atoms with Gasteiger partial charge in [0.15, 0.2) is 5.82 Å². The third kappa shape index (κ3) is 4.82. The van der Waals surface area contributed by atoms with Gasteiger partial charge in [-0.3, -0.25) is 0 Å². The number of nitrogens with one attached hydrogen (secondary N) is 1. The summed E-state index contributed by atoms with van der Waals surface area (Å²) in [5.41, 5.74) is 0.00532. The molecule has 24 heavy (non-hydrogen) atoms. The summed E-state index contributed by atoms with van der Waals surface area (Å²) in [5, 5.41) is 12.1. The number of anilines is 1. The number of nitrogens with zero attached hydrogens (tertiary/aromatic N) is 1. The Morgan fingerprint density at radius 3 is 2.67 bits per heavy atom. The molecule has 0 unspecified atom stereocenters. The van der Waals surface area contributed by atoms with Gasteiger partial charge in [0.05, 0.1) is 31.5 Å². The predicted octanol–water partition coefficient (Wildman–Crippen LogP) is 2.22. The maximum absolute atomic E-state index is 14.9. The van der Waals surface area contributed by atoms with E-state index in [1.807, 2.05) is 4.90 Å². The minimum Gasteiger partial charge on any atom is -0.444 e. The summed E-state index contributed by atoms with van der Waals surface area (Å²) >= 11 is 0. The number of hydrogen-bond donors (Lipinski definition) is 2. The fourth-order valence-corrected chi connectivity index (χ4v) is 2.53. The van der Waals surface area contributed by atoms with Crippen LogP contribution in [0.5, 0.6) is 0 Å². The normalized spacial score (nSPS) is 16.6. The van der Waals surface area contributed by atoms with Gasteiger partial charge < -0.3 is 24.8 Å². The number of aliphatic hydroxyl groups excluding tert-OH is 1. The summed E-state index contributed by atoms with van der Waals surface area (Å²) < 4.78 is 25.3. The Bertz CT molecular complexity index is 568. The zero-order valence-electron chi connectivity index (χ0n) is 14.3. The molecule has 1 heterocycles. The third-order valence-corrected chi connectivity index (χ3v) is 3.61. The molecule has 0 aliphatic carbocycles. The lowest BCUT2D eigenvalue weighted by molar-refractivity contribution is 0.0480. The maximum Gasteiger partial charge on any atom is 0.408 e. The molecule has 134 valence electrons. The smallest absolute Gasteiger partial charge is 0.408 e. The van der Waals surface area contributed by atoms with Gasteiger partial charge in [0.25, 0.3) is 0 Å².